The van der Waals surface area contributed by atoms with Crippen molar-refractivity contribution in [1.82, 2.24) is 14.8 Å². The molecule has 6 rings (SSSR count). The molecule has 0 aliphatic carbocycles. The first-order chi connectivity index (χ1) is 17.6. The molecule has 3 heterocycles. The molecule has 3 aromatic carbocycles. The Hall–Kier alpha value is -4.46. The first kappa shape index (κ1) is 22.0. The summed E-state index contributed by atoms with van der Waals surface area (Å²) in [5.41, 5.74) is 6.06. The van der Waals surface area contributed by atoms with Gasteiger partial charge in [0, 0.05) is 16.7 Å². The first-order valence-electron chi connectivity index (χ1n) is 11.7. The molecule has 0 bridgehead atoms. The summed E-state index contributed by atoms with van der Waals surface area (Å²) in [6, 6.07) is 20.1. The van der Waals surface area contributed by atoms with E-state index in [1.807, 2.05) is 41.1 Å². The van der Waals surface area contributed by atoms with Crippen molar-refractivity contribution < 1.29 is 18.9 Å². The number of aryl methyl sites for hydroxylation is 1. The molecule has 0 unspecified atom stereocenters. The molecule has 4 aromatic rings. The number of rotatable bonds is 5. The van der Waals surface area contributed by atoms with Gasteiger partial charge in [0.2, 0.25) is 11.7 Å². The minimum Gasteiger partial charge on any atom is -0.493 e. The summed E-state index contributed by atoms with van der Waals surface area (Å²) in [5, 5.41) is 8.13. The number of nitrogens with zero attached hydrogens (tertiary/aromatic N) is 3. The fraction of sp³-hybridized carbons (Fsp3) is 0.214. The molecule has 8 nitrogen and oxygen atoms in total. The van der Waals surface area contributed by atoms with Gasteiger partial charge in [-0.3, -0.25) is 0 Å². The second kappa shape index (κ2) is 8.64. The summed E-state index contributed by atoms with van der Waals surface area (Å²) in [6.45, 7) is 2.08. The fourth-order valence-corrected chi connectivity index (χ4v) is 5.07. The SMILES string of the molecule is COc1cc([C@H]2Oc3ccc(C)cc3C3=C2[C@@H](c2ccccc2)n2ncnc2N3)cc(OC)c1OC. The summed E-state index contributed by atoms with van der Waals surface area (Å²) in [5.74, 6) is 3.12. The zero-order chi connectivity index (χ0) is 24.8. The molecule has 0 radical (unpaired) electrons. The van der Waals surface area contributed by atoms with Gasteiger partial charge in [-0.05, 0) is 36.8 Å². The normalized spacial score (nSPS) is 17.8. The lowest BCUT2D eigenvalue weighted by Crippen LogP contribution is -2.32. The Balaban J connectivity index is 1.63. The first-order valence-corrected chi connectivity index (χ1v) is 11.7. The number of hydrogen-bond acceptors (Lipinski definition) is 7. The third kappa shape index (κ3) is 3.37. The van der Waals surface area contributed by atoms with Crippen molar-refractivity contribution >= 4 is 11.6 Å². The zero-order valence-electron chi connectivity index (χ0n) is 20.5. The zero-order valence-corrected chi connectivity index (χ0v) is 20.5. The van der Waals surface area contributed by atoms with Crippen molar-refractivity contribution in [3.05, 3.63) is 94.8 Å². The minimum atomic E-state index is -0.459. The Morgan fingerprint density at radius 2 is 1.64 bits per heavy atom. The topological polar surface area (TPSA) is 79.7 Å². The van der Waals surface area contributed by atoms with Gasteiger partial charge < -0.3 is 24.3 Å². The third-order valence-electron chi connectivity index (χ3n) is 6.67. The van der Waals surface area contributed by atoms with Crippen LogP contribution in [0.2, 0.25) is 0 Å². The van der Waals surface area contributed by atoms with Crippen LogP contribution in [0.5, 0.6) is 23.0 Å². The van der Waals surface area contributed by atoms with Gasteiger partial charge in [0.1, 0.15) is 24.2 Å². The van der Waals surface area contributed by atoms with E-state index < -0.39 is 6.10 Å². The number of benzene rings is 3. The van der Waals surface area contributed by atoms with E-state index >= 15 is 0 Å². The van der Waals surface area contributed by atoms with Crippen LogP contribution in [-0.2, 0) is 0 Å². The van der Waals surface area contributed by atoms with Gasteiger partial charge in [-0.2, -0.15) is 10.1 Å². The third-order valence-corrected chi connectivity index (χ3v) is 6.67. The molecule has 0 fully saturated rings. The van der Waals surface area contributed by atoms with E-state index in [1.165, 1.54) is 0 Å². The molecular weight excluding hydrogens is 456 g/mol. The molecule has 0 spiro atoms. The van der Waals surface area contributed by atoms with Crippen molar-refractivity contribution in [2.45, 2.75) is 19.1 Å². The highest BCUT2D eigenvalue weighted by molar-refractivity contribution is 5.85. The average Bonchev–Trinajstić information content (AvgIpc) is 3.39. The minimum absolute atomic E-state index is 0.238. The Kier molecular flexibility index (Phi) is 5.29. The van der Waals surface area contributed by atoms with Crippen LogP contribution < -0.4 is 24.3 Å². The maximum absolute atomic E-state index is 6.75. The van der Waals surface area contributed by atoms with E-state index in [9.17, 15) is 0 Å². The molecule has 0 amide bonds. The molecule has 1 aromatic heterocycles. The number of hydrogen-bond donors (Lipinski definition) is 1. The van der Waals surface area contributed by atoms with Gasteiger partial charge in [-0.25, -0.2) is 4.68 Å². The molecule has 2 aliphatic heterocycles. The van der Waals surface area contributed by atoms with Gasteiger partial charge in [-0.1, -0.05) is 42.0 Å². The lowest BCUT2D eigenvalue weighted by atomic mass is 9.84. The van der Waals surface area contributed by atoms with Crippen LogP contribution in [0.1, 0.15) is 34.4 Å². The summed E-state index contributed by atoms with van der Waals surface area (Å²) in [4.78, 5) is 4.50. The highest BCUT2D eigenvalue weighted by Crippen LogP contribution is 2.52. The second-order valence-corrected chi connectivity index (χ2v) is 8.75. The van der Waals surface area contributed by atoms with Crippen molar-refractivity contribution in [3.63, 3.8) is 0 Å². The lowest BCUT2D eigenvalue weighted by molar-refractivity contribution is 0.221. The highest BCUT2D eigenvalue weighted by atomic mass is 16.5. The molecule has 182 valence electrons. The van der Waals surface area contributed by atoms with E-state index in [1.54, 1.807) is 27.7 Å². The van der Waals surface area contributed by atoms with E-state index in [-0.39, 0.29) is 6.04 Å². The van der Waals surface area contributed by atoms with Gasteiger partial charge in [0.15, 0.2) is 11.5 Å². The molecule has 8 heteroatoms. The van der Waals surface area contributed by atoms with Gasteiger partial charge in [0.25, 0.3) is 0 Å². The quantitative estimate of drug-likeness (QED) is 0.420. The van der Waals surface area contributed by atoms with Crippen LogP contribution in [0.3, 0.4) is 0 Å². The van der Waals surface area contributed by atoms with Crippen molar-refractivity contribution in [2.75, 3.05) is 26.6 Å². The summed E-state index contributed by atoms with van der Waals surface area (Å²) >= 11 is 0. The van der Waals surface area contributed by atoms with E-state index in [0.717, 1.165) is 39.3 Å². The van der Waals surface area contributed by atoms with Gasteiger partial charge >= 0.3 is 0 Å². The van der Waals surface area contributed by atoms with Crippen LogP contribution in [-0.4, -0.2) is 36.1 Å². The summed E-state index contributed by atoms with van der Waals surface area (Å²) < 4.78 is 25.6. The maximum Gasteiger partial charge on any atom is 0.226 e. The Bertz CT molecular complexity index is 1450. The molecule has 0 saturated heterocycles. The van der Waals surface area contributed by atoms with Crippen molar-refractivity contribution in [3.8, 4) is 23.0 Å². The van der Waals surface area contributed by atoms with Gasteiger partial charge in [-0.15, -0.1) is 0 Å². The number of anilines is 1. The standard InChI is InChI=1S/C28H26N4O4/c1-16-10-11-20-19(12-16)24-23(25(17-8-6-5-7-9-17)32-28(31-24)29-15-30-32)26(36-20)18-13-21(33-2)27(35-4)22(14-18)34-3/h5-15,25-26H,1-4H3,(H,29,30,31)/t25-,26-/m1/s1. The average molecular weight is 483 g/mol. The molecular formula is C28H26N4O4. The van der Waals surface area contributed by atoms with Crippen LogP contribution in [0.15, 0.2) is 72.6 Å². The van der Waals surface area contributed by atoms with E-state index in [2.05, 4.69) is 46.6 Å². The number of ether oxygens (including phenoxy) is 4. The van der Waals surface area contributed by atoms with Crippen LogP contribution >= 0.6 is 0 Å². The Labute approximate surface area is 209 Å². The van der Waals surface area contributed by atoms with E-state index in [4.69, 9.17) is 18.9 Å². The number of methoxy groups -OCH3 is 3. The molecule has 36 heavy (non-hydrogen) atoms. The van der Waals surface area contributed by atoms with Crippen LogP contribution in [0.4, 0.5) is 5.95 Å². The van der Waals surface area contributed by atoms with E-state index in [0.29, 0.717) is 23.2 Å². The second-order valence-electron chi connectivity index (χ2n) is 8.75. The fourth-order valence-electron chi connectivity index (χ4n) is 5.07. The molecule has 1 N–H and O–H groups in total. The van der Waals surface area contributed by atoms with Crippen molar-refractivity contribution in [1.29, 1.82) is 0 Å². The number of fused-ring (bicyclic) bond motifs is 3. The molecule has 2 aliphatic rings. The van der Waals surface area contributed by atoms with Gasteiger partial charge in [0.05, 0.1) is 27.0 Å². The number of aromatic nitrogens is 3. The monoisotopic (exact) mass is 482 g/mol. The predicted molar refractivity (Wildman–Crippen MR) is 136 cm³/mol. The summed E-state index contributed by atoms with van der Waals surface area (Å²) in [7, 11) is 4.82. The highest BCUT2D eigenvalue weighted by Gasteiger charge is 2.41. The largest absolute Gasteiger partial charge is 0.493 e. The van der Waals surface area contributed by atoms with Crippen molar-refractivity contribution in [2.24, 2.45) is 0 Å². The maximum atomic E-state index is 6.75. The number of nitrogens with one attached hydrogen (secondary N) is 1. The predicted octanol–water partition coefficient (Wildman–Crippen LogP) is 5.17. The Morgan fingerprint density at radius 3 is 2.33 bits per heavy atom. The lowest BCUT2D eigenvalue weighted by Gasteiger charge is -2.39. The Morgan fingerprint density at radius 1 is 0.889 bits per heavy atom. The molecule has 2 atom stereocenters. The summed E-state index contributed by atoms with van der Waals surface area (Å²) in [6.07, 6.45) is 1.11. The smallest absolute Gasteiger partial charge is 0.226 e. The molecule has 0 saturated carbocycles. The van der Waals surface area contributed by atoms with Crippen LogP contribution in [0, 0.1) is 6.92 Å². The van der Waals surface area contributed by atoms with Crippen LogP contribution in [0.25, 0.3) is 5.70 Å².